The standard InChI is InChI=1S/C27H54O2/c1-5-8-11-13-14-15-16-19-22-25(21-18-10-7-3)24-27(4,26(28)29)23-20-17-12-9-6-2/h25H,5-24H2,1-4H3,(H,28,29). The molecule has 0 spiro atoms. The Balaban J connectivity index is 4.43. The van der Waals surface area contributed by atoms with Gasteiger partial charge in [0.2, 0.25) is 0 Å². The third-order valence-electron chi connectivity index (χ3n) is 6.77. The SMILES string of the molecule is CCCCCCCCCCC(CCCCC)CC(C)(CCCCCCC)C(=O)O. The molecule has 0 aromatic rings. The van der Waals surface area contributed by atoms with Crippen LogP contribution in [0.2, 0.25) is 0 Å². The third-order valence-corrected chi connectivity index (χ3v) is 6.77. The van der Waals surface area contributed by atoms with Crippen LogP contribution in [0.1, 0.15) is 156 Å². The second-order valence-electron chi connectivity index (χ2n) is 9.86. The van der Waals surface area contributed by atoms with E-state index in [1.807, 2.05) is 6.92 Å². The predicted octanol–water partition coefficient (Wildman–Crippen LogP) is 9.56. The van der Waals surface area contributed by atoms with Crippen molar-refractivity contribution < 1.29 is 9.90 Å². The molecule has 0 aromatic heterocycles. The Labute approximate surface area is 183 Å². The van der Waals surface area contributed by atoms with Gasteiger partial charge in [-0.25, -0.2) is 0 Å². The van der Waals surface area contributed by atoms with Crippen molar-refractivity contribution in [3.8, 4) is 0 Å². The van der Waals surface area contributed by atoms with Crippen LogP contribution in [0.3, 0.4) is 0 Å². The maximum Gasteiger partial charge on any atom is 0.309 e. The Kier molecular flexibility index (Phi) is 19.1. The van der Waals surface area contributed by atoms with Crippen molar-refractivity contribution in [2.45, 2.75) is 156 Å². The summed E-state index contributed by atoms with van der Waals surface area (Å²) in [7, 11) is 0. The van der Waals surface area contributed by atoms with Crippen molar-refractivity contribution >= 4 is 5.97 Å². The summed E-state index contributed by atoms with van der Waals surface area (Å²) in [5.41, 5.74) is -0.525. The maximum absolute atomic E-state index is 12.1. The van der Waals surface area contributed by atoms with Crippen LogP contribution in [-0.4, -0.2) is 11.1 Å². The molecular weight excluding hydrogens is 356 g/mol. The zero-order chi connectivity index (χ0) is 21.8. The molecule has 0 aliphatic heterocycles. The number of carbonyl (C=O) groups is 1. The van der Waals surface area contributed by atoms with Crippen LogP contribution in [0, 0.1) is 11.3 Å². The van der Waals surface area contributed by atoms with Gasteiger partial charge < -0.3 is 5.11 Å². The molecule has 0 rings (SSSR count). The molecule has 1 N–H and O–H groups in total. The minimum absolute atomic E-state index is 0.525. The number of carboxylic acids is 1. The number of aliphatic carboxylic acids is 1. The monoisotopic (exact) mass is 410 g/mol. The highest BCUT2D eigenvalue weighted by molar-refractivity contribution is 5.74. The van der Waals surface area contributed by atoms with E-state index in [1.54, 1.807) is 0 Å². The van der Waals surface area contributed by atoms with Crippen LogP contribution in [0.4, 0.5) is 0 Å². The highest BCUT2D eigenvalue weighted by Crippen LogP contribution is 2.36. The van der Waals surface area contributed by atoms with Crippen LogP contribution < -0.4 is 0 Å². The molecule has 0 aromatic carbocycles. The largest absolute Gasteiger partial charge is 0.481 e. The average Bonchev–Trinajstić information content (AvgIpc) is 2.69. The molecule has 0 saturated heterocycles. The number of unbranched alkanes of at least 4 members (excludes halogenated alkanes) is 13. The van der Waals surface area contributed by atoms with E-state index < -0.39 is 11.4 Å². The third kappa shape index (κ3) is 15.9. The highest BCUT2D eigenvalue weighted by Gasteiger charge is 2.34. The lowest BCUT2D eigenvalue weighted by Crippen LogP contribution is -2.30. The van der Waals surface area contributed by atoms with Gasteiger partial charge in [-0.3, -0.25) is 4.79 Å². The van der Waals surface area contributed by atoms with Gasteiger partial charge in [-0.1, -0.05) is 136 Å². The molecule has 0 radical (unpaired) electrons. The highest BCUT2D eigenvalue weighted by atomic mass is 16.4. The van der Waals surface area contributed by atoms with E-state index in [1.165, 1.54) is 109 Å². The first-order valence-corrected chi connectivity index (χ1v) is 13.2. The smallest absolute Gasteiger partial charge is 0.309 e. The average molecular weight is 411 g/mol. The number of hydrogen-bond acceptors (Lipinski definition) is 1. The normalized spacial score (nSPS) is 14.6. The van der Waals surface area contributed by atoms with Crippen molar-refractivity contribution in [1.29, 1.82) is 0 Å². The van der Waals surface area contributed by atoms with Crippen LogP contribution in [-0.2, 0) is 4.79 Å². The predicted molar refractivity (Wildman–Crippen MR) is 129 cm³/mol. The van der Waals surface area contributed by atoms with Gasteiger partial charge in [0, 0.05) is 0 Å². The summed E-state index contributed by atoms with van der Waals surface area (Å²) >= 11 is 0. The fourth-order valence-corrected chi connectivity index (χ4v) is 4.65. The lowest BCUT2D eigenvalue weighted by Gasteiger charge is -2.30. The van der Waals surface area contributed by atoms with Crippen molar-refractivity contribution in [3.63, 3.8) is 0 Å². The first kappa shape index (κ1) is 28.5. The molecule has 0 heterocycles. The summed E-state index contributed by atoms with van der Waals surface area (Å²) in [6.07, 6.45) is 24.9. The fourth-order valence-electron chi connectivity index (χ4n) is 4.65. The van der Waals surface area contributed by atoms with E-state index in [9.17, 15) is 9.90 Å². The minimum Gasteiger partial charge on any atom is -0.481 e. The topological polar surface area (TPSA) is 37.3 Å². The Bertz CT molecular complexity index is 366. The molecule has 0 bridgehead atoms. The molecule has 0 amide bonds. The second kappa shape index (κ2) is 19.4. The van der Waals surface area contributed by atoms with Crippen LogP contribution in [0.15, 0.2) is 0 Å². The molecule has 0 aliphatic carbocycles. The van der Waals surface area contributed by atoms with Gasteiger partial charge in [-0.15, -0.1) is 0 Å². The zero-order valence-corrected chi connectivity index (χ0v) is 20.6. The maximum atomic E-state index is 12.1. The van der Waals surface area contributed by atoms with E-state index in [2.05, 4.69) is 20.8 Å². The summed E-state index contributed by atoms with van der Waals surface area (Å²) in [6.45, 7) is 8.78. The molecule has 0 fully saturated rings. The van der Waals surface area contributed by atoms with Crippen LogP contribution in [0.25, 0.3) is 0 Å². The van der Waals surface area contributed by atoms with E-state index in [-0.39, 0.29) is 0 Å². The summed E-state index contributed by atoms with van der Waals surface area (Å²) in [4.78, 5) is 12.1. The lowest BCUT2D eigenvalue weighted by atomic mass is 9.74. The Morgan fingerprint density at radius 1 is 0.655 bits per heavy atom. The van der Waals surface area contributed by atoms with Gasteiger partial charge in [0.1, 0.15) is 0 Å². The molecule has 0 saturated carbocycles. The van der Waals surface area contributed by atoms with Gasteiger partial charge >= 0.3 is 5.97 Å². The lowest BCUT2D eigenvalue weighted by molar-refractivity contribution is -0.149. The van der Waals surface area contributed by atoms with Gasteiger partial charge in [0.25, 0.3) is 0 Å². The molecule has 2 heteroatoms. The number of hydrogen-bond donors (Lipinski definition) is 1. The van der Waals surface area contributed by atoms with Crippen molar-refractivity contribution in [2.75, 3.05) is 0 Å². The Morgan fingerprint density at radius 3 is 1.52 bits per heavy atom. The molecule has 2 atom stereocenters. The summed E-state index contributed by atoms with van der Waals surface area (Å²) in [6, 6.07) is 0. The van der Waals surface area contributed by atoms with Crippen LogP contribution >= 0.6 is 0 Å². The van der Waals surface area contributed by atoms with Crippen molar-refractivity contribution in [1.82, 2.24) is 0 Å². The molecule has 0 aliphatic rings. The number of rotatable bonds is 22. The van der Waals surface area contributed by atoms with Gasteiger partial charge in [0.15, 0.2) is 0 Å². The summed E-state index contributed by atoms with van der Waals surface area (Å²) < 4.78 is 0. The van der Waals surface area contributed by atoms with Gasteiger partial charge in [0.05, 0.1) is 5.41 Å². The molecular formula is C27H54O2. The molecule has 29 heavy (non-hydrogen) atoms. The minimum atomic E-state index is -0.565. The molecule has 2 unspecified atom stereocenters. The van der Waals surface area contributed by atoms with Gasteiger partial charge in [-0.05, 0) is 25.7 Å². The Morgan fingerprint density at radius 2 is 1.03 bits per heavy atom. The van der Waals surface area contributed by atoms with Gasteiger partial charge in [-0.2, -0.15) is 0 Å². The molecule has 174 valence electrons. The quantitative estimate of drug-likeness (QED) is 0.180. The van der Waals surface area contributed by atoms with Crippen LogP contribution in [0.5, 0.6) is 0 Å². The zero-order valence-electron chi connectivity index (χ0n) is 20.6. The van der Waals surface area contributed by atoms with E-state index in [0.29, 0.717) is 5.92 Å². The van der Waals surface area contributed by atoms with E-state index in [4.69, 9.17) is 0 Å². The van der Waals surface area contributed by atoms with E-state index in [0.717, 1.165) is 19.3 Å². The van der Waals surface area contributed by atoms with Crippen molar-refractivity contribution in [3.05, 3.63) is 0 Å². The summed E-state index contributed by atoms with van der Waals surface area (Å²) in [5, 5.41) is 9.97. The number of carboxylic acid groups (broad SMARTS) is 1. The first-order valence-electron chi connectivity index (χ1n) is 13.2. The summed E-state index contributed by atoms with van der Waals surface area (Å²) in [5.74, 6) is 0.0304. The first-order chi connectivity index (χ1) is 14.0. The Hall–Kier alpha value is -0.530. The second-order valence-corrected chi connectivity index (χ2v) is 9.86. The fraction of sp³-hybridized carbons (Fsp3) is 0.963. The van der Waals surface area contributed by atoms with E-state index >= 15 is 0 Å². The molecule has 2 nitrogen and oxygen atoms in total. The van der Waals surface area contributed by atoms with Crippen molar-refractivity contribution in [2.24, 2.45) is 11.3 Å².